The molecule has 0 aromatic heterocycles. The lowest BCUT2D eigenvalue weighted by Crippen LogP contribution is -3.15. The van der Waals surface area contributed by atoms with Crippen molar-refractivity contribution < 1.29 is 14.5 Å². The van der Waals surface area contributed by atoms with Crippen LogP contribution < -0.4 is 20.4 Å². The molecule has 0 aliphatic carbocycles. The average molecular weight is 384 g/mol. The Morgan fingerprint density at radius 1 is 0.964 bits per heavy atom. The number of quaternary nitrogens is 1. The number of hydrogen-bond acceptors (Lipinski definition) is 3. The van der Waals surface area contributed by atoms with Crippen LogP contribution in [0.5, 0.6) is 0 Å². The number of amides is 2. The van der Waals surface area contributed by atoms with Gasteiger partial charge in [0, 0.05) is 43.6 Å². The van der Waals surface area contributed by atoms with Crippen LogP contribution in [0.15, 0.2) is 48.5 Å². The monoisotopic (exact) mass is 383 g/mol. The molecule has 0 saturated heterocycles. The van der Waals surface area contributed by atoms with Gasteiger partial charge in [0.05, 0.1) is 6.54 Å². The number of carbonyl (C=O) groups excluding carboxylic acids is 2. The smallest absolute Gasteiger partial charge is 0.282 e. The number of hydrogen-bond donors (Lipinski definition) is 3. The maximum Gasteiger partial charge on any atom is 0.282 e. The lowest BCUT2D eigenvalue weighted by Gasteiger charge is -2.24. The fraction of sp³-hybridized carbons (Fsp3) is 0.364. The SMILES string of the molecule is CC[NH+](Cc1ccc(N(C)C)cc1)[C@H](C)C(=O)Nc1ccc(NC(C)=O)cc1. The highest BCUT2D eigenvalue weighted by atomic mass is 16.2. The summed E-state index contributed by atoms with van der Waals surface area (Å²) in [6.07, 6.45) is 0. The zero-order valence-corrected chi connectivity index (χ0v) is 17.4. The largest absolute Gasteiger partial charge is 0.378 e. The third-order valence-electron chi connectivity index (χ3n) is 4.82. The van der Waals surface area contributed by atoms with Gasteiger partial charge in [-0.15, -0.1) is 0 Å². The number of likely N-dealkylation sites (N-methyl/N-ethyl adjacent to an activating group) is 1. The van der Waals surface area contributed by atoms with Gasteiger partial charge in [-0.05, 0) is 50.2 Å². The Morgan fingerprint density at radius 3 is 1.96 bits per heavy atom. The molecule has 1 unspecified atom stereocenters. The van der Waals surface area contributed by atoms with Crippen molar-refractivity contribution in [2.45, 2.75) is 33.4 Å². The molecule has 0 heterocycles. The normalized spacial score (nSPS) is 12.8. The molecular weight excluding hydrogens is 352 g/mol. The number of rotatable bonds is 8. The third-order valence-corrected chi connectivity index (χ3v) is 4.82. The molecular formula is C22H31N4O2+. The second kappa shape index (κ2) is 9.90. The third kappa shape index (κ3) is 6.09. The lowest BCUT2D eigenvalue weighted by atomic mass is 10.1. The van der Waals surface area contributed by atoms with Gasteiger partial charge < -0.3 is 20.4 Å². The van der Waals surface area contributed by atoms with Gasteiger partial charge in [0.2, 0.25) is 5.91 Å². The summed E-state index contributed by atoms with van der Waals surface area (Å²) >= 11 is 0. The number of carbonyl (C=O) groups is 2. The molecule has 6 heteroatoms. The Kier molecular flexibility index (Phi) is 7.58. The fourth-order valence-electron chi connectivity index (χ4n) is 3.03. The van der Waals surface area contributed by atoms with E-state index in [0.29, 0.717) is 5.69 Å². The van der Waals surface area contributed by atoms with Gasteiger partial charge in [-0.2, -0.15) is 0 Å². The van der Waals surface area contributed by atoms with E-state index < -0.39 is 0 Å². The Bertz CT molecular complexity index is 785. The van der Waals surface area contributed by atoms with Crippen LogP contribution in [0.3, 0.4) is 0 Å². The van der Waals surface area contributed by atoms with E-state index in [1.54, 1.807) is 24.3 Å². The summed E-state index contributed by atoms with van der Waals surface area (Å²) in [6.45, 7) is 7.16. The summed E-state index contributed by atoms with van der Waals surface area (Å²) in [7, 11) is 4.04. The Morgan fingerprint density at radius 2 is 1.50 bits per heavy atom. The van der Waals surface area contributed by atoms with Crippen molar-refractivity contribution in [3.05, 3.63) is 54.1 Å². The first-order chi connectivity index (χ1) is 13.3. The average Bonchev–Trinajstić information content (AvgIpc) is 2.67. The Labute approximate surface area is 167 Å². The van der Waals surface area contributed by atoms with Gasteiger partial charge in [0.15, 0.2) is 6.04 Å². The predicted octanol–water partition coefficient (Wildman–Crippen LogP) is 2.14. The Balaban J connectivity index is 1.98. The Hall–Kier alpha value is -2.86. The molecule has 150 valence electrons. The van der Waals surface area contributed by atoms with E-state index in [1.807, 2.05) is 21.0 Å². The summed E-state index contributed by atoms with van der Waals surface area (Å²) in [5.74, 6) is -0.139. The molecule has 0 saturated carbocycles. The van der Waals surface area contributed by atoms with Gasteiger partial charge >= 0.3 is 0 Å². The molecule has 2 rings (SSSR count). The van der Waals surface area contributed by atoms with Crippen molar-refractivity contribution >= 4 is 28.9 Å². The zero-order chi connectivity index (χ0) is 20.7. The minimum atomic E-state index is -0.187. The van der Waals surface area contributed by atoms with E-state index in [2.05, 4.69) is 46.7 Å². The first-order valence-corrected chi connectivity index (χ1v) is 9.59. The molecule has 0 spiro atoms. The molecule has 3 N–H and O–H groups in total. The van der Waals surface area contributed by atoms with Crippen molar-refractivity contribution in [2.75, 3.05) is 36.2 Å². The number of benzene rings is 2. The van der Waals surface area contributed by atoms with Crippen molar-refractivity contribution in [2.24, 2.45) is 0 Å². The van der Waals surface area contributed by atoms with Gasteiger partial charge in [-0.25, -0.2) is 0 Å². The summed E-state index contributed by atoms with van der Waals surface area (Å²) in [6, 6.07) is 15.4. The molecule has 28 heavy (non-hydrogen) atoms. The summed E-state index contributed by atoms with van der Waals surface area (Å²) in [4.78, 5) is 27.1. The number of nitrogens with zero attached hydrogens (tertiary/aromatic N) is 1. The van der Waals surface area contributed by atoms with Crippen LogP contribution in [0, 0.1) is 0 Å². The van der Waals surface area contributed by atoms with Crippen LogP contribution in [0.4, 0.5) is 17.1 Å². The van der Waals surface area contributed by atoms with Crippen molar-refractivity contribution in [3.8, 4) is 0 Å². The second-order valence-electron chi connectivity index (χ2n) is 7.22. The summed E-state index contributed by atoms with van der Waals surface area (Å²) < 4.78 is 0. The molecule has 6 nitrogen and oxygen atoms in total. The molecule has 2 atom stereocenters. The highest BCUT2D eigenvalue weighted by molar-refractivity contribution is 5.94. The van der Waals surface area contributed by atoms with Crippen LogP contribution in [0.1, 0.15) is 26.3 Å². The molecule has 0 fully saturated rings. The molecule has 0 bridgehead atoms. The van der Waals surface area contributed by atoms with Crippen LogP contribution in [0.25, 0.3) is 0 Å². The zero-order valence-electron chi connectivity index (χ0n) is 17.4. The van der Waals surface area contributed by atoms with Crippen LogP contribution in [-0.2, 0) is 16.1 Å². The lowest BCUT2D eigenvalue weighted by molar-refractivity contribution is -0.925. The van der Waals surface area contributed by atoms with Gasteiger partial charge in [-0.3, -0.25) is 9.59 Å². The molecule has 2 aromatic rings. The van der Waals surface area contributed by atoms with E-state index >= 15 is 0 Å². The van der Waals surface area contributed by atoms with Crippen molar-refractivity contribution in [1.82, 2.24) is 0 Å². The quantitative estimate of drug-likeness (QED) is 0.654. The van der Waals surface area contributed by atoms with E-state index in [4.69, 9.17) is 0 Å². The second-order valence-corrected chi connectivity index (χ2v) is 7.22. The molecule has 0 aliphatic rings. The predicted molar refractivity (Wildman–Crippen MR) is 115 cm³/mol. The van der Waals surface area contributed by atoms with E-state index in [-0.39, 0.29) is 17.9 Å². The van der Waals surface area contributed by atoms with Crippen LogP contribution in [-0.4, -0.2) is 38.5 Å². The minimum Gasteiger partial charge on any atom is -0.378 e. The minimum absolute atomic E-state index is 0.0194. The molecule has 2 amide bonds. The number of anilines is 3. The highest BCUT2D eigenvalue weighted by Gasteiger charge is 2.24. The summed E-state index contributed by atoms with van der Waals surface area (Å²) in [5.41, 5.74) is 3.80. The molecule has 0 aliphatic heterocycles. The highest BCUT2D eigenvalue weighted by Crippen LogP contribution is 2.14. The van der Waals surface area contributed by atoms with E-state index in [1.165, 1.54) is 17.4 Å². The van der Waals surface area contributed by atoms with E-state index in [9.17, 15) is 9.59 Å². The first-order valence-electron chi connectivity index (χ1n) is 9.59. The van der Waals surface area contributed by atoms with Gasteiger partial charge in [0.1, 0.15) is 6.54 Å². The fourth-order valence-corrected chi connectivity index (χ4v) is 3.03. The maximum atomic E-state index is 12.7. The summed E-state index contributed by atoms with van der Waals surface area (Å²) in [5, 5.41) is 5.68. The van der Waals surface area contributed by atoms with Crippen LogP contribution >= 0.6 is 0 Å². The van der Waals surface area contributed by atoms with Crippen LogP contribution in [0.2, 0.25) is 0 Å². The topological polar surface area (TPSA) is 65.9 Å². The molecule has 2 aromatic carbocycles. The van der Waals surface area contributed by atoms with Gasteiger partial charge in [-0.1, -0.05) is 12.1 Å². The molecule has 0 radical (unpaired) electrons. The number of nitrogens with one attached hydrogen (secondary N) is 3. The van der Waals surface area contributed by atoms with Gasteiger partial charge in [0.25, 0.3) is 5.91 Å². The van der Waals surface area contributed by atoms with E-state index in [0.717, 1.165) is 24.5 Å². The van der Waals surface area contributed by atoms with Crippen molar-refractivity contribution in [3.63, 3.8) is 0 Å². The van der Waals surface area contributed by atoms with Crippen molar-refractivity contribution in [1.29, 1.82) is 0 Å². The first kappa shape index (κ1) is 21.4. The maximum absolute atomic E-state index is 12.7. The standard InChI is InChI=1S/C22H30N4O2/c1-6-26(15-18-7-13-21(14-8-18)25(4)5)16(2)22(28)24-20-11-9-19(10-12-20)23-17(3)27/h7-14,16H,6,15H2,1-5H3,(H,23,27)(H,24,28)/p+1/t16-/m1/s1.